The Balaban J connectivity index is 1.30. The number of nitrogens with two attached hydrogens (primary N) is 1. The van der Waals surface area contributed by atoms with E-state index in [0.29, 0.717) is 38.2 Å². The van der Waals surface area contributed by atoms with Crippen LogP contribution in [0.3, 0.4) is 0 Å². The summed E-state index contributed by atoms with van der Waals surface area (Å²) in [5, 5.41) is 35.4. The van der Waals surface area contributed by atoms with Crippen LogP contribution < -0.4 is 11.1 Å². The van der Waals surface area contributed by atoms with E-state index < -0.39 is 11.4 Å². The second-order valence-electron chi connectivity index (χ2n) is 9.44. The number of likely N-dealkylation sites (tertiary alicyclic amines) is 1. The molecule has 5 rings (SSSR count). The Kier molecular flexibility index (Phi) is 6.15. The third-order valence-electron chi connectivity index (χ3n) is 6.93. The highest BCUT2D eigenvalue weighted by molar-refractivity contribution is 6.02. The third-order valence-corrected chi connectivity index (χ3v) is 6.93. The summed E-state index contributed by atoms with van der Waals surface area (Å²) in [4.78, 5) is 27.9. The van der Waals surface area contributed by atoms with Crippen LogP contribution in [0.25, 0.3) is 5.69 Å². The lowest BCUT2D eigenvalue weighted by atomic mass is 9.84. The predicted molar refractivity (Wildman–Crippen MR) is 128 cm³/mol. The van der Waals surface area contributed by atoms with Gasteiger partial charge in [-0.15, -0.1) is 4.80 Å². The molecule has 1 aliphatic heterocycles. The van der Waals surface area contributed by atoms with Gasteiger partial charge in [0.15, 0.2) is 5.82 Å². The molecule has 2 fully saturated rings. The molecule has 1 aliphatic carbocycles. The van der Waals surface area contributed by atoms with Gasteiger partial charge in [0.25, 0.3) is 5.91 Å². The van der Waals surface area contributed by atoms with Crippen LogP contribution in [0.2, 0.25) is 0 Å². The van der Waals surface area contributed by atoms with Gasteiger partial charge in [-0.05, 0) is 43.4 Å². The number of nitrogens with one attached hydrogen (secondary N) is 1. The van der Waals surface area contributed by atoms with Gasteiger partial charge in [0.05, 0.1) is 30.4 Å². The smallest absolute Gasteiger partial charge is 0.254 e. The number of piperidine rings is 1. The van der Waals surface area contributed by atoms with Crippen molar-refractivity contribution >= 4 is 17.6 Å². The zero-order valence-electron chi connectivity index (χ0n) is 19.7. The van der Waals surface area contributed by atoms with E-state index in [1.807, 2.05) is 6.07 Å². The van der Waals surface area contributed by atoms with Crippen molar-refractivity contribution in [1.82, 2.24) is 29.7 Å². The maximum Gasteiger partial charge on any atom is 0.254 e. The van der Waals surface area contributed by atoms with Gasteiger partial charge in [0, 0.05) is 31.7 Å². The van der Waals surface area contributed by atoms with Gasteiger partial charge in [-0.1, -0.05) is 6.07 Å². The maximum absolute atomic E-state index is 12.3. The fourth-order valence-electron chi connectivity index (χ4n) is 4.65. The van der Waals surface area contributed by atoms with Crippen molar-refractivity contribution in [3.63, 3.8) is 0 Å². The molecule has 2 aromatic heterocycles. The van der Waals surface area contributed by atoms with E-state index in [4.69, 9.17) is 5.73 Å². The minimum Gasteiger partial charge on any atom is -0.506 e. The quantitative estimate of drug-likeness (QED) is 0.428. The van der Waals surface area contributed by atoms with Crippen molar-refractivity contribution < 1.29 is 14.7 Å². The second kappa shape index (κ2) is 9.43. The van der Waals surface area contributed by atoms with Crippen LogP contribution in [0.15, 0.2) is 36.8 Å². The third kappa shape index (κ3) is 4.65. The Morgan fingerprint density at radius 2 is 1.94 bits per heavy atom. The van der Waals surface area contributed by atoms with Crippen molar-refractivity contribution in [3.8, 4) is 17.5 Å². The van der Waals surface area contributed by atoms with E-state index in [1.54, 1.807) is 35.4 Å². The number of hydrogen-bond acceptors (Lipinski definition) is 8. The highest BCUT2D eigenvalue weighted by Gasteiger charge is 2.39. The number of primary amides is 1. The molecule has 0 unspecified atom stereocenters. The van der Waals surface area contributed by atoms with Gasteiger partial charge < -0.3 is 16.2 Å². The molecule has 0 radical (unpaired) electrons. The number of carbonyl (C=O) groups excluding carboxylic acids is 2. The number of nitrogens with zero attached hydrogens (tertiary/aromatic N) is 7. The zero-order valence-corrected chi connectivity index (χ0v) is 19.7. The Hall–Kier alpha value is -4.24. The van der Waals surface area contributed by atoms with Crippen LogP contribution in [0, 0.1) is 17.2 Å². The summed E-state index contributed by atoms with van der Waals surface area (Å²) >= 11 is 0. The van der Waals surface area contributed by atoms with E-state index in [1.165, 1.54) is 4.80 Å². The number of amides is 2. The molecule has 2 amide bonds. The molecular weight excluding hydrogens is 462 g/mol. The molecule has 1 aromatic carbocycles. The molecule has 12 heteroatoms. The van der Waals surface area contributed by atoms with Gasteiger partial charge in [0.2, 0.25) is 5.91 Å². The molecule has 0 spiro atoms. The van der Waals surface area contributed by atoms with E-state index in [9.17, 15) is 20.0 Å². The molecule has 1 saturated carbocycles. The molecule has 3 aromatic rings. The average molecular weight is 490 g/mol. The molecule has 4 N–H and O–H groups in total. The molecule has 2 aliphatic rings. The highest BCUT2D eigenvalue weighted by Crippen LogP contribution is 2.36. The summed E-state index contributed by atoms with van der Waals surface area (Å²) in [6, 6.07) is 7.68. The maximum atomic E-state index is 12.3. The van der Waals surface area contributed by atoms with Crippen molar-refractivity contribution in [2.24, 2.45) is 11.7 Å². The van der Waals surface area contributed by atoms with Crippen LogP contribution in [-0.4, -0.2) is 59.7 Å². The van der Waals surface area contributed by atoms with Gasteiger partial charge in [-0.2, -0.15) is 20.6 Å². The number of anilines is 1. The van der Waals surface area contributed by atoms with Crippen molar-refractivity contribution in [2.75, 3.05) is 18.4 Å². The van der Waals surface area contributed by atoms with Gasteiger partial charge in [-0.25, -0.2) is 0 Å². The first-order valence-corrected chi connectivity index (χ1v) is 11.9. The lowest BCUT2D eigenvalue weighted by Crippen LogP contribution is -2.46. The Morgan fingerprint density at radius 1 is 1.22 bits per heavy atom. The number of aromatic nitrogens is 5. The fraction of sp³-hybridized carbons (Fsp3) is 0.417. The molecular formula is C24H27N9O3. The number of carbonyl (C=O) groups is 2. The van der Waals surface area contributed by atoms with E-state index in [0.717, 1.165) is 18.4 Å². The lowest BCUT2D eigenvalue weighted by Gasteiger charge is -2.40. The standard InChI is InChI=1S/C24H27N9O3/c25-8-5-24(32-15-18(21(26)35)22(30-32)29-23(36)17-2-3-17)6-11-31(12-7-24)14-16-1-4-19(20(34)13-16)33-27-9-10-28-33/h1,4,9-10,13,15,17,34H,2-3,5-7,11-12,14H2,(H2,26,35)(H,29,30,36). The molecule has 0 bridgehead atoms. The SMILES string of the molecule is N#CCC1(n2cc(C(N)=O)c(NC(=O)C3CC3)n2)CCN(Cc2ccc(-n3nccn3)c(O)c2)CC1. The zero-order chi connectivity index (χ0) is 25.3. The van der Waals surface area contributed by atoms with Crippen LogP contribution in [-0.2, 0) is 16.9 Å². The molecule has 0 atom stereocenters. The van der Waals surface area contributed by atoms with Gasteiger partial charge >= 0.3 is 0 Å². The van der Waals surface area contributed by atoms with Crippen LogP contribution in [0.5, 0.6) is 5.75 Å². The Bertz CT molecular complexity index is 1310. The monoisotopic (exact) mass is 489 g/mol. The first-order valence-electron chi connectivity index (χ1n) is 11.9. The molecule has 3 heterocycles. The van der Waals surface area contributed by atoms with Crippen molar-refractivity contribution in [3.05, 3.63) is 47.9 Å². The average Bonchev–Trinajstić information content (AvgIpc) is 3.39. The Morgan fingerprint density at radius 3 is 2.56 bits per heavy atom. The van der Waals surface area contributed by atoms with E-state index in [-0.39, 0.29) is 35.4 Å². The number of nitriles is 1. The topological polar surface area (TPSA) is 168 Å². The largest absolute Gasteiger partial charge is 0.506 e. The summed E-state index contributed by atoms with van der Waals surface area (Å²) in [7, 11) is 0. The van der Waals surface area contributed by atoms with Gasteiger partial charge in [-0.3, -0.25) is 19.2 Å². The number of aromatic hydroxyl groups is 1. The summed E-state index contributed by atoms with van der Waals surface area (Å²) in [5.41, 5.74) is 6.53. The Labute approximate surface area is 207 Å². The highest BCUT2D eigenvalue weighted by atomic mass is 16.3. The summed E-state index contributed by atoms with van der Waals surface area (Å²) in [5.74, 6) is -0.635. The second-order valence-corrected chi connectivity index (χ2v) is 9.44. The van der Waals surface area contributed by atoms with E-state index >= 15 is 0 Å². The first-order chi connectivity index (χ1) is 17.4. The van der Waals surface area contributed by atoms with Crippen molar-refractivity contribution in [2.45, 2.75) is 44.2 Å². The molecule has 36 heavy (non-hydrogen) atoms. The number of rotatable bonds is 8. The molecule has 186 valence electrons. The molecule has 1 saturated heterocycles. The number of benzene rings is 1. The van der Waals surface area contributed by atoms with Gasteiger partial charge in [0.1, 0.15) is 17.0 Å². The number of phenols is 1. The normalized spacial score (nSPS) is 17.4. The van der Waals surface area contributed by atoms with Crippen molar-refractivity contribution in [1.29, 1.82) is 5.26 Å². The minimum atomic E-state index is -0.676. The summed E-state index contributed by atoms with van der Waals surface area (Å²) < 4.78 is 1.65. The van der Waals surface area contributed by atoms with Crippen LogP contribution >= 0.6 is 0 Å². The lowest BCUT2D eigenvalue weighted by molar-refractivity contribution is -0.117. The molecule has 12 nitrogen and oxygen atoms in total. The van der Waals surface area contributed by atoms with Crippen LogP contribution in [0.4, 0.5) is 5.82 Å². The van der Waals surface area contributed by atoms with Crippen LogP contribution in [0.1, 0.15) is 48.0 Å². The summed E-state index contributed by atoms with van der Waals surface area (Å²) in [6.07, 6.45) is 7.76. The fourth-order valence-corrected chi connectivity index (χ4v) is 4.65. The number of hydrogen-bond donors (Lipinski definition) is 3. The number of phenolic OH excluding ortho intramolecular Hbond substituents is 1. The minimum absolute atomic E-state index is 0.0449. The summed E-state index contributed by atoms with van der Waals surface area (Å²) in [6.45, 7) is 1.98. The first kappa shape index (κ1) is 23.5. The predicted octanol–water partition coefficient (Wildman–Crippen LogP) is 1.52. The van der Waals surface area contributed by atoms with E-state index in [2.05, 4.69) is 31.6 Å².